The Morgan fingerprint density at radius 1 is 1.46 bits per heavy atom. The summed E-state index contributed by atoms with van der Waals surface area (Å²) in [7, 11) is 0. The number of nitrogens with zero attached hydrogens (tertiary/aromatic N) is 1. The first-order valence-corrected chi connectivity index (χ1v) is 5.71. The molecule has 0 bridgehead atoms. The third kappa shape index (κ3) is 3.95. The van der Waals surface area contributed by atoms with Gasteiger partial charge in [-0.2, -0.15) is 0 Å². The van der Waals surface area contributed by atoms with E-state index in [1.54, 1.807) is 0 Å². The first-order valence-electron chi connectivity index (χ1n) is 4.31. The summed E-state index contributed by atoms with van der Waals surface area (Å²) in [5.74, 6) is -0.478. The van der Waals surface area contributed by atoms with E-state index in [4.69, 9.17) is 12.2 Å². The van der Waals surface area contributed by atoms with Crippen LogP contribution < -0.4 is 5.11 Å². The lowest BCUT2D eigenvalue weighted by molar-refractivity contribution is -0.305. The van der Waals surface area contributed by atoms with Crippen LogP contribution in [0.4, 0.5) is 0 Å². The second-order valence-corrected chi connectivity index (χ2v) is 4.66. The molecule has 1 aliphatic rings. The van der Waals surface area contributed by atoms with E-state index in [1.165, 1.54) is 24.6 Å². The molecular weight excluding hydrogens is 206 g/mol. The zero-order chi connectivity index (χ0) is 9.68. The summed E-state index contributed by atoms with van der Waals surface area (Å²) < 4.78 is 0.832. The van der Waals surface area contributed by atoms with Crippen molar-refractivity contribution in [1.82, 2.24) is 4.90 Å². The fourth-order valence-corrected chi connectivity index (χ4v) is 2.45. The van der Waals surface area contributed by atoms with Gasteiger partial charge in [-0.1, -0.05) is 24.0 Å². The maximum atomic E-state index is 10.1. The average Bonchev–Trinajstić information content (AvgIpc) is 2.55. The van der Waals surface area contributed by atoms with Gasteiger partial charge in [-0.05, 0) is 19.3 Å². The Labute approximate surface area is 87.5 Å². The minimum atomic E-state index is -1.00. The fraction of sp³-hybridized carbons (Fsp3) is 0.750. The number of carbonyl (C=O) groups is 1. The Balaban J connectivity index is 2.13. The van der Waals surface area contributed by atoms with Gasteiger partial charge in [0.15, 0.2) is 0 Å². The zero-order valence-corrected chi connectivity index (χ0v) is 8.96. The Kier molecular flexibility index (Phi) is 4.52. The number of thiocarbonyl (C=S) groups is 1. The summed E-state index contributed by atoms with van der Waals surface area (Å²) in [5.41, 5.74) is 0. The van der Waals surface area contributed by atoms with Gasteiger partial charge in [-0.25, -0.2) is 0 Å². The van der Waals surface area contributed by atoms with Crippen LogP contribution in [-0.2, 0) is 4.79 Å². The molecule has 1 heterocycles. The predicted octanol–water partition coefficient (Wildman–Crippen LogP) is 0.240. The number of aliphatic carboxylic acids is 1. The highest BCUT2D eigenvalue weighted by atomic mass is 32.2. The number of likely N-dealkylation sites (tertiary alicyclic amines) is 1. The molecule has 0 aliphatic carbocycles. The van der Waals surface area contributed by atoms with Crippen molar-refractivity contribution in [2.75, 3.05) is 18.8 Å². The minimum absolute atomic E-state index is 0.0820. The summed E-state index contributed by atoms with van der Waals surface area (Å²) in [4.78, 5) is 12.3. The fourth-order valence-electron chi connectivity index (χ4n) is 1.21. The number of carbonyl (C=O) groups excluding carboxylic acids is 1. The van der Waals surface area contributed by atoms with Crippen LogP contribution in [0, 0.1) is 0 Å². The second kappa shape index (κ2) is 5.44. The van der Waals surface area contributed by atoms with E-state index in [9.17, 15) is 9.90 Å². The lowest BCUT2D eigenvalue weighted by Gasteiger charge is -2.17. The summed E-state index contributed by atoms with van der Waals surface area (Å²) in [6.07, 6.45) is 2.47. The minimum Gasteiger partial charge on any atom is -0.550 e. The first kappa shape index (κ1) is 10.8. The van der Waals surface area contributed by atoms with Crippen molar-refractivity contribution in [1.29, 1.82) is 0 Å². The molecule has 0 aromatic heterocycles. The van der Waals surface area contributed by atoms with Crippen molar-refractivity contribution in [3.05, 3.63) is 0 Å². The van der Waals surface area contributed by atoms with Crippen LogP contribution in [-0.4, -0.2) is 34.0 Å². The standard InChI is InChI=1S/C8H13NO2S2/c10-7(11)3-6-13-8(12)9-4-1-2-5-9/h1-6H2,(H,10,11)/p-1. The molecule has 1 aliphatic heterocycles. The molecule has 0 N–H and O–H groups in total. The van der Waals surface area contributed by atoms with E-state index >= 15 is 0 Å². The maximum Gasteiger partial charge on any atom is 0.136 e. The Morgan fingerprint density at radius 3 is 2.62 bits per heavy atom. The van der Waals surface area contributed by atoms with Crippen LogP contribution in [0.5, 0.6) is 0 Å². The van der Waals surface area contributed by atoms with E-state index in [0.29, 0.717) is 5.75 Å². The number of hydrogen-bond acceptors (Lipinski definition) is 4. The highest BCUT2D eigenvalue weighted by Crippen LogP contribution is 2.16. The molecule has 13 heavy (non-hydrogen) atoms. The molecule has 3 nitrogen and oxygen atoms in total. The number of hydrogen-bond donors (Lipinski definition) is 0. The zero-order valence-electron chi connectivity index (χ0n) is 7.32. The second-order valence-electron chi connectivity index (χ2n) is 2.93. The first-order chi connectivity index (χ1) is 6.20. The van der Waals surface area contributed by atoms with Gasteiger partial charge < -0.3 is 14.8 Å². The van der Waals surface area contributed by atoms with Crippen LogP contribution in [0.25, 0.3) is 0 Å². The number of carboxylic acid groups (broad SMARTS) is 1. The monoisotopic (exact) mass is 218 g/mol. The topological polar surface area (TPSA) is 43.4 Å². The molecule has 0 saturated carbocycles. The molecule has 0 spiro atoms. The number of thioether (sulfide) groups is 1. The highest BCUT2D eigenvalue weighted by Gasteiger charge is 2.14. The Hall–Kier alpha value is -0.290. The van der Waals surface area contributed by atoms with Crippen molar-refractivity contribution in [2.45, 2.75) is 19.3 Å². The van der Waals surface area contributed by atoms with E-state index in [0.717, 1.165) is 17.4 Å². The number of carboxylic acids is 1. The molecule has 0 atom stereocenters. The van der Waals surface area contributed by atoms with Gasteiger partial charge in [0.2, 0.25) is 0 Å². The van der Waals surface area contributed by atoms with Crippen LogP contribution in [0.2, 0.25) is 0 Å². The summed E-state index contributed by atoms with van der Waals surface area (Å²) in [6, 6.07) is 0. The molecule has 1 fully saturated rings. The molecule has 5 heteroatoms. The van der Waals surface area contributed by atoms with Gasteiger partial charge in [-0.15, -0.1) is 0 Å². The van der Waals surface area contributed by atoms with E-state index in [-0.39, 0.29) is 6.42 Å². The summed E-state index contributed by atoms with van der Waals surface area (Å²) in [5, 5.41) is 10.1. The van der Waals surface area contributed by atoms with Gasteiger partial charge in [0, 0.05) is 24.8 Å². The van der Waals surface area contributed by atoms with Gasteiger partial charge in [0.1, 0.15) is 4.32 Å². The van der Waals surface area contributed by atoms with E-state index < -0.39 is 5.97 Å². The lowest BCUT2D eigenvalue weighted by Crippen LogP contribution is -2.25. The maximum absolute atomic E-state index is 10.1. The Morgan fingerprint density at radius 2 is 2.08 bits per heavy atom. The van der Waals surface area contributed by atoms with Crippen molar-refractivity contribution >= 4 is 34.3 Å². The summed E-state index contributed by atoms with van der Waals surface area (Å²) >= 11 is 6.58. The Bertz CT molecular complexity index is 202. The van der Waals surface area contributed by atoms with Gasteiger partial charge in [-0.3, -0.25) is 0 Å². The van der Waals surface area contributed by atoms with Gasteiger partial charge in [0.05, 0.1) is 0 Å². The quantitative estimate of drug-likeness (QED) is 0.635. The van der Waals surface area contributed by atoms with E-state index in [1.807, 2.05) is 0 Å². The predicted molar refractivity (Wildman–Crippen MR) is 55.5 cm³/mol. The molecule has 1 rings (SSSR count). The molecule has 0 aromatic rings. The van der Waals surface area contributed by atoms with E-state index in [2.05, 4.69) is 4.90 Å². The van der Waals surface area contributed by atoms with Crippen LogP contribution >= 0.6 is 24.0 Å². The van der Waals surface area contributed by atoms with Crippen LogP contribution in [0.15, 0.2) is 0 Å². The summed E-state index contributed by atoms with van der Waals surface area (Å²) in [6.45, 7) is 2.05. The molecule has 0 aromatic carbocycles. The normalized spacial score (nSPS) is 16.2. The van der Waals surface area contributed by atoms with Crippen LogP contribution in [0.1, 0.15) is 19.3 Å². The van der Waals surface area contributed by atoms with Crippen LogP contribution in [0.3, 0.4) is 0 Å². The molecule has 1 saturated heterocycles. The third-order valence-electron chi connectivity index (χ3n) is 1.90. The smallest absolute Gasteiger partial charge is 0.136 e. The lowest BCUT2D eigenvalue weighted by atomic mass is 10.4. The van der Waals surface area contributed by atoms with Crippen molar-refractivity contribution in [2.24, 2.45) is 0 Å². The van der Waals surface area contributed by atoms with Gasteiger partial charge in [0.25, 0.3) is 0 Å². The molecule has 0 amide bonds. The van der Waals surface area contributed by atoms with Crippen molar-refractivity contribution in [3.8, 4) is 0 Å². The largest absolute Gasteiger partial charge is 0.550 e. The highest BCUT2D eigenvalue weighted by molar-refractivity contribution is 8.22. The third-order valence-corrected chi connectivity index (χ3v) is 3.42. The van der Waals surface area contributed by atoms with Gasteiger partial charge >= 0.3 is 0 Å². The average molecular weight is 218 g/mol. The molecule has 0 unspecified atom stereocenters. The van der Waals surface area contributed by atoms with Crippen molar-refractivity contribution in [3.63, 3.8) is 0 Å². The SMILES string of the molecule is O=C([O-])CCSC(=S)N1CCCC1. The number of rotatable bonds is 3. The van der Waals surface area contributed by atoms with Crippen molar-refractivity contribution < 1.29 is 9.90 Å². The molecule has 74 valence electrons. The molecule has 0 radical (unpaired) electrons. The molecular formula is C8H12NO2S2-.